The lowest BCUT2D eigenvalue weighted by Gasteiger charge is -2.29. The number of pyridine rings is 1. The van der Waals surface area contributed by atoms with Crippen LogP contribution in [0.3, 0.4) is 0 Å². The number of cyclic esters (lactones) is 2. The van der Waals surface area contributed by atoms with Crippen LogP contribution in [0.4, 0.5) is 0 Å². The molecule has 0 bridgehead atoms. The second-order valence-corrected chi connectivity index (χ2v) is 10.9. The number of methoxy groups -OCH3 is 1. The Morgan fingerprint density at radius 2 is 1.77 bits per heavy atom. The van der Waals surface area contributed by atoms with E-state index < -0.39 is 60.5 Å². The zero-order valence-corrected chi connectivity index (χ0v) is 25.9. The van der Waals surface area contributed by atoms with Crippen molar-refractivity contribution in [1.29, 1.82) is 0 Å². The summed E-state index contributed by atoms with van der Waals surface area (Å²) in [5, 5.41) is 2.51. The highest BCUT2D eigenvalue weighted by atomic mass is 16.7. The zero-order valence-electron chi connectivity index (χ0n) is 25.9. The highest BCUT2D eigenvalue weighted by molar-refractivity contribution is 5.98. The lowest BCUT2D eigenvalue weighted by atomic mass is 9.91. The number of carbonyl (C=O) groups is 4. The number of ether oxygens (including phenoxy) is 6. The summed E-state index contributed by atoms with van der Waals surface area (Å²) in [7, 11) is 1.39. The second-order valence-electron chi connectivity index (χ2n) is 10.9. The Morgan fingerprint density at radius 3 is 2.41 bits per heavy atom. The number of nitrogens with one attached hydrogen (secondary N) is 1. The molecule has 4 atom stereocenters. The van der Waals surface area contributed by atoms with Gasteiger partial charge in [-0.05, 0) is 18.9 Å². The van der Waals surface area contributed by atoms with Crippen molar-refractivity contribution in [2.24, 2.45) is 17.8 Å². The third-order valence-corrected chi connectivity index (χ3v) is 6.86. The van der Waals surface area contributed by atoms with Gasteiger partial charge in [0.25, 0.3) is 5.91 Å². The van der Waals surface area contributed by atoms with Crippen molar-refractivity contribution in [1.82, 2.24) is 10.3 Å². The fraction of sp³-hybridized carbons (Fsp3) is 0.469. The van der Waals surface area contributed by atoms with Crippen LogP contribution < -0.4 is 14.8 Å². The maximum absolute atomic E-state index is 13.4. The second kappa shape index (κ2) is 15.7. The van der Waals surface area contributed by atoms with E-state index in [0.717, 1.165) is 5.56 Å². The standard InChI is InChI=1S/C32H40N2O10/c1-18(2)20(5)41-17-42-28-25(39-7)13-14-33-26(28)29(35)34-24-16-40-31(37)23(15-22-11-9-8-10-12-22)27(21(6)43-32(24)38)44-30(36)19(3)4/h8-14,18-19,21,23-24,27H,5,15-17H2,1-4,6-7H3,(H,34,35)/t21-,23+,24-,27-/m0/s1. The van der Waals surface area contributed by atoms with Gasteiger partial charge in [-0.3, -0.25) is 14.4 Å². The molecule has 2 heterocycles. The van der Waals surface area contributed by atoms with Crippen molar-refractivity contribution in [2.75, 3.05) is 20.5 Å². The maximum atomic E-state index is 13.4. The van der Waals surface area contributed by atoms with Gasteiger partial charge in [-0.25, -0.2) is 9.78 Å². The van der Waals surface area contributed by atoms with Crippen LogP contribution in [0.2, 0.25) is 0 Å². The molecule has 3 rings (SSSR count). The summed E-state index contributed by atoms with van der Waals surface area (Å²) in [6.45, 7) is 11.6. The predicted octanol–water partition coefficient (Wildman–Crippen LogP) is 3.63. The van der Waals surface area contributed by atoms with Crippen molar-refractivity contribution in [3.8, 4) is 11.5 Å². The number of nitrogens with zero attached hydrogens (tertiary/aromatic N) is 1. The molecule has 2 aromatic rings. The SMILES string of the molecule is C=C(OCOc1c(OC)ccnc1C(=O)N[C@H]1COC(=O)[C@H](Cc2ccccc2)[C@@H](OC(=O)C(C)C)[C@H](C)OC1=O)C(C)C. The molecular formula is C32H40N2O10. The Hall–Kier alpha value is -4.61. The first-order valence-corrected chi connectivity index (χ1v) is 14.3. The van der Waals surface area contributed by atoms with Gasteiger partial charge in [-0.1, -0.05) is 64.6 Å². The number of benzene rings is 1. The van der Waals surface area contributed by atoms with Crippen LogP contribution in [-0.4, -0.2) is 67.6 Å². The lowest BCUT2D eigenvalue weighted by molar-refractivity contribution is -0.176. The van der Waals surface area contributed by atoms with Crippen molar-refractivity contribution >= 4 is 23.8 Å². The van der Waals surface area contributed by atoms with E-state index in [9.17, 15) is 19.2 Å². The first kappa shape index (κ1) is 33.9. The summed E-state index contributed by atoms with van der Waals surface area (Å²) in [6.07, 6.45) is -0.699. The van der Waals surface area contributed by atoms with E-state index in [-0.39, 0.29) is 36.3 Å². The van der Waals surface area contributed by atoms with Gasteiger partial charge in [0.05, 0.1) is 18.8 Å². The molecule has 0 aliphatic carbocycles. The fourth-order valence-electron chi connectivity index (χ4n) is 4.20. The Bertz CT molecular complexity index is 1330. The van der Waals surface area contributed by atoms with Gasteiger partial charge in [-0.15, -0.1) is 0 Å². The van der Waals surface area contributed by atoms with Crippen molar-refractivity contribution in [3.63, 3.8) is 0 Å². The van der Waals surface area contributed by atoms with E-state index in [1.54, 1.807) is 13.8 Å². The van der Waals surface area contributed by atoms with Gasteiger partial charge >= 0.3 is 17.9 Å². The Kier molecular flexibility index (Phi) is 12.1. The van der Waals surface area contributed by atoms with Crippen molar-refractivity contribution in [3.05, 3.63) is 66.2 Å². The average molecular weight is 613 g/mol. The van der Waals surface area contributed by atoms with Gasteiger partial charge in [0.1, 0.15) is 18.6 Å². The van der Waals surface area contributed by atoms with Gasteiger partial charge in [-0.2, -0.15) is 0 Å². The Balaban J connectivity index is 1.85. The molecule has 0 radical (unpaired) electrons. The molecule has 12 heteroatoms. The quantitative estimate of drug-likeness (QED) is 0.162. The molecule has 0 spiro atoms. The van der Waals surface area contributed by atoms with Crippen LogP contribution in [0.25, 0.3) is 0 Å². The molecule has 0 saturated carbocycles. The lowest BCUT2D eigenvalue weighted by Crippen LogP contribution is -2.47. The predicted molar refractivity (Wildman–Crippen MR) is 157 cm³/mol. The molecule has 1 N–H and O–H groups in total. The van der Waals surface area contributed by atoms with Crippen LogP contribution >= 0.6 is 0 Å². The van der Waals surface area contributed by atoms with Crippen LogP contribution in [0.5, 0.6) is 11.5 Å². The van der Waals surface area contributed by atoms with E-state index >= 15 is 0 Å². The largest absolute Gasteiger partial charge is 0.493 e. The summed E-state index contributed by atoms with van der Waals surface area (Å²) >= 11 is 0. The summed E-state index contributed by atoms with van der Waals surface area (Å²) in [4.78, 5) is 56.8. The minimum absolute atomic E-state index is 0.0329. The Labute approximate surface area is 257 Å². The smallest absolute Gasteiger partial charge is 0.332 e. The molecule has 1 aliphatic heterocycles. The third-order valence-electron chi connectivity index (χ3n) is 6.86. The molecule has 12 nitrogen and oxygen atoms in total. The first-order valence-electron chi connectivity index (χ1n) is 14.3. The summed E-state index contributed by atoms with van der Waals surface area (Å²) < 4.78 is 33.4. The number of amides is 1. The number of aromatic nitrogens is 1. The van der Waals surface area contributed by atoms with Crippen LogP contribution in [0.1, 0.15) is 50.7 Å². The van der Waals surface area contributed by atoms with Gasteiger partial charge in [0, 0.05) is 18.2 Å². The third kappa shape index (κ3) is 8.95. The number of esters is 3. The summed E-state index contributed by atoms with van der Waals surface area (Å²) in [5.41, 5.74) is 0.584. The minimum atomic E-state index is -1.41. The van der Waals surface area contributed by atoms with Crippen LogP contribution in [0, 0.1) is 17.8 Å². The van der Waals surface area contributed by atoms with E-state index in [0.29, 0.717) is 5.76 Å². The number of hydrogen-bond acceptors (Lipinski definition) is 11. The molecule has 1 aromatic heterocycles. The first-order chi connectivity index (χ1) is 20.9. The van der Waals surface area contributed by atoms with Crippen LogP contribution in [-0.2, 0) is 39.8 Å². The van der Waals surface area contributed by atoms with E-state index in [1.165, 1.54) is 26.3 Å². The van der Waals surface area contributed by atoms with Crippen LogP contribution in [0.15, 0.2) is 54.9 Å². The minimum Gasteiger partial charge on any atom is -0.493 e. The highest BCUT2D eigenvalue weighted by Crippen LogP contribution is 2.30. The Morgan fingerprint density at radius 1 is 1.07 bits per heavy atom. The highest BCUT2D eigenvalue weighted by Gasteiger charge is 2.42. The molecule has 1 amide bonds. The molecule has 0 unspecified atom stereocenters. The fourth-order valence-corrected chi connectivity index (χ4v) is 4.20. The number of hydrogen-bond donors (Lipinski definition) is 1. The summed E-state index contributed by atoms with van der Waals surface area (Å²) in [5.74, 6) is -3.81. The number of carbonyl (C=O) groups excluding carboxylic acids is 4. The molecule has 44 heavy (non-hydrogen) atoms. The molecule has 1 aromatic carbocycles. The molecule has 238 valence electrons. The maximum Gasteiger partial charge on any atom is 0.332 e. The van der Waals surface area contributed by atoms with Crippen molar-refractivity contribution in [2.45, 2.75) is 59.3 Å². The normalized spacial score (nSPS) is 20.4. The van der Waals surface area contributed by atoms with E-state index in [4.69, 9.17) is 28.4 Å². The van der Waals surface area contributed by atoms with Gasteiger partial charge in [0.15, 0.2) is 29.3 Å². The zero-order chi connectivity index (χ0) is 32.4. The number of allylic oxidation sites excluding steroid dienone is 1. The summed E-state index contributed by atoms with van der Waals surface area (Å²) in [6, 6.07) is 9.20. The van der Waals surface area contributed by atoms with Crippen molar-refractivity contribution < 1.29 is 47.6 Å². The van der Waals surface area contributed by atoms with E-state index in [1.807, 2.05) is 44.2 Å². The molecule has 1 aliphatic rings. The molecular weight excluding hydrogens is 572 g/mol. The van der Waals surface area contributed by atoms with Gasteiger partial charge in [0.2, 0.25) is 6.79 Å². The molecule has 1 saturated heterocycles. The number of rotatable bonds is 12. The molecule has 1 fully saturated rings. The monoisotopic (exact) mass is 612 g/mol. The van der Waals surface area contributed by atoms with E-state index in [2.05, 4.69) is 16.9 Å². The average Bonchev–Trinajstić information content (AvgIpc) is 3.03. The topological polar surface area (TPSA) is 149 Å². The van der Waals surface area contributed by atoms with Gasteiger partial charge < -0.3 is 33.7 Å².